The third kappa shape index (κ3) is 2.90. The maximum Gasteiger partial charge on any atom is 0.188 e. The molecule has 3 N–H and O–H groups in total. The maximum atomic E-state index is 5.83. The van der Waals surface area contributed by atoms with Crippen molar-refractivity contribution in [3.8, 4) is 0 Å². The number of aliphatic imine (C=N–C) groups is 1. The fourth-order valence-electron chi connectivity index (χ4n) is 2.68. The van der Waals surface area contributed by atoms with E-state index in [1.54, 1.807) is 0 Å². The Morgan fingerprint density at radius 2 is 2.29 bits per heavy atom. The first-order valence-corrected chi connectivity index (χ1v) is 6.73. The largest absolute Gasteiger partial charge is 0.373 e. The summed E-state index contributed by atoms with van der Waals surface area (Å²) in [6.45, 7) is 3.81. The van der Waals surface area contributed by atoms with E-state index in [0.717, 1.165) is 13.2 Å². The summed E-state index contributed by atoms with van der Waals surface area (Å²) < 4.78 is 5.83. The number of hydrogen-bond acceptors (Lipinski definition) is 3. The average molecular weight is 238 g/mol. The van der Waals surface area contributed by atoms with Gasteiger partial charge in [-0.3, -0.25) is 9.89 Å². The highest BCUT2D eigenvalue weighted by Crippen LogP contribution is 2.22. The summed E-state index contributed by atoms with van der Waals surface area (Å²) in [6.07, 6.45) is 5.29. The highest BCUT2D eigenvalue weighted by molar-refractivity contribution is 5.78. The monoisotopic (exact) mass is 238 g/mol. The van der Waals surface area contributed by atoms with Gasteiger partial charge in [-0.1, -0.05) is 0 Å². The molecule has 0 spiro atoms. The highest BCUT2D eigenvalue weighted by Gasteiger charge is 2.32. The van der Waals surface area contributed by atoms with Gasteiger partial charge in [0.1, 0.15) is 0 Å². The minimum absolute atomic E-state index is 0.226. The molecule has 2 saturated heterocycles. The number of ether oxygens (including phenoxy) is 1. The van der Waals surface area contributed by atoms with E-state index >= 15 is 0 Å². The Bertz CT molecular complexity index is 303. The van der Waals surface area contributed by atoms with Crippen LogP contribution < -0.4 is 11.1 Å². The molecule has 1 saturated carbocycles. The molecule has 2 unspecified atom stereocenters. The summed E-state index contributed by atoms with van der Waals surface area (Å²) in [4.78, 5) is 6.91. The van der Waals surface area contributed by atoms with E-state index in [-0.39, 0.29) is 6.10 Å². The van der Waals surface area contributed by atoms with E-state index in [1.165, 1.54) is 32.2 Å². The number of guanidine groups is 1. The lowest BCUT2D eigenvalue weighted by molar-refractivity contribution is -0.0432. The molecule has 2 aliphatic heterocycles. The van der Waals surface area contributed by atoms with Crippen molar-refractivity contribution in [3.05, 3.63) is 0 Å². The van der Waals surface area contributed by atoms with Gasteiger partial charge < -0.3 is 15.8 Å². The van der Waals surface area contributed by atoms with Crippen LogP contribution in [0.2, 0.25) is 0 Å². The molecule has 3 rings (SSSR count). The Morgan fingerprint density at radius 1 is 1.41 bits per heavy atom. The third-order valence-corrected chi connectivity index (χ3v) is 3.86. The average Bonchev–Trinajstić information content (AvgIpc) is 3.01. The molecule has 0 bridgehead atoms. The lowest BCUT2D eigenvalue weighted by atomic mass is 10.2. The molecular weight excluding hydrogens is 216 g/mol. The van der Waals surface area contributed by atoms with Crippen molar-refractivity contribution in [2.75, 3.05) is 26.2 Å². The number of nitrogens with one attached hydrogen (secondary N) is 1. The van der Waals surface area contributed by atoms with Gasteiger partial charge in [-0.05, 0) is 32.2 Å². The van der Waals surface area contributed by atoms with Crippen LogP contribution in [-0.2, 0) is 4.74 Å². The van der Waals surface area contributed by atoms with Crippen LogP contribution in [0.1, 0.15) is 25.7 Å². The normalized spacial score (nSPS) is 34.7. The fraction of sp³-hybridized carbons (Fsp3) is 0.917. The Balaban J connectivity index is 1.45. The van der Waals surface area contributed by atoms with Gasteiger partial charge in [0, 0.05) is 18.6 Å². The second-order valence-corrected chi connectivity index (χ2v) is 5.39. The number of fused-ring (bicyclic) bond motifs is 1. The van der Waals surface area contributed by atoms with Gasteiger partial charge in [0.2, 0.25) is 0 Å². The van der Waals surface area contributed by atoms with E-state index < -0.39 is 0 Å². The molecule has 2 heterocycles. The van der Waals surface area contributed by atoms with Crippen molar-refractivity contribution in [1.29, 1.82) is 0 Å². The van der Waals surface area contributed by atoms with Crippen molar-refractivity contribution in [2.45, 2.75) is 43.9 Å². The molecule has 96 valence electrons. The number of nitrogens with zero attached hydrogens (tertiary/aromatic N) is 2. The molecule has 17 heavy (non-hydrogen) atoms. The van der Waals surface area contributed by atoms with Gasteiger partial charge in [-0.15, -0.1) is 0 Å². The van der Waals surface area contributed by atoms with Crippen LogP contribution in [0.3, 0.4) is 0 Å². The maximum absolute atomic E-state index is 5.83. The second-order valence-electron chi connectivity index (χ2n) is 5.39. The van der Waals surface area contributed by atoms with Crippen molar-refractivity contribution in [2.24, 2.45) is 10.7 Å². The first kappa shape index (κ1) is 11.3. The minimum atomic E-state index is 0.226. The van der Waals surface area contributed by atoms with Gasteiger partial charge in [-0.25, -0.2) is 0 Å². The molecule has 2 atom stereocenters. The molecule has 0 amide bonds. The van der Waals surface area contributed by atoms with Gasteiger partial charge in [0.05, 0.1) is 19.3 Å². The zero-order valence-corrected chi connectivity index (χ0v) is 10.3. The highest BCUT2D eigenvalue weighted by atomic mass is 16.5. The van der Waals surface area contributed by atoms with Crippen molar-refractivity contribution in [1.82, 2.24) is 10.2 Å². The Kier molecular flexibility index (Phi) is 3.20. The number of hydrogen-bond donors (Lipinski definition) is 2. The molecule has 0 radical (unpaired) electrons. The van der Waals surface area contributed by atoms with Crippen molar-refractivity contribution < 1.29 is 4.74 Å². The topological polar surface area (TPSA) is 62.9 Å². The summed E-state index contributed by atoms with van der Waals surface area (Å²) in [5.74, 6) is 0.583. The number of nitrogens with two attached hydrogens (primary N) is 1. The van der Waals surface area contributed by atoms with Gasteiger partial charge >= 0.3 is 0 Å². The van der Waals surface area contributed by atoms with E-state index in [2.05, 4.69) is 15.2 Å². The van der Waals surface area contributed by atoms with Gasteiger partial charge in [0.25, 0.3) is 0 Å². The van der Waals surface area contributed by atoms with Gasteiger partial charge in [0.15, 0.2) is 5.96 Å². The number of rotatable bonds is 3. The van der Waals surface area contributed by atoms with Crippen LogP contribution in [0.25, 0.3) is 0 Å². The molecular formula is C12H22N4O. The lowest BCUT2D eigenvalue weighted by Gasteiger charge is -2.34. The van der Waals surface area contributed by atoms with Crippen molar-refractivity contribution in [3.63, 3.8) is 0 Å². The van der Waals surface area contributed by atoms with E-state index in [0.29, 0.717) is 24.6 Å². The molecule has 0 aromatic rings. The lowest BCUT2D eigenvalue weighted by Crippen LogP contribution is -2.47. The zero-order valence-electron chi connectivity index (χ0n) is 10.3. The first-order valence-electron chi connectivity index (χ1n) is 6.73. The molecule has 3 aliphatic rings. The van der Waals surface area contributed by atoms with Gasteiger partial charge in [-0.2, -0.15) is 0 Å². The van der Waals surface area contributed by atoms with Crippen LogP contribution in [0, 0.1) is 0 Å². The fourth-order valence-corrected chi connectivity index (χ4v) is 2.68. The predicted molar refractivity (Wildman–Crippen MR) is 67.0 cm³/mol. The Hall–Kier alpha value is -0.810. The molecule has 0 aromatic carbocycles. The molecule has 5 nitrogen and oxygen atoms in total. The summed E-state index contributed by atoms with van der Waals surface area (Å²) >= 11 is 0. The first-order chi connectivity index (χ1) is 8.31. The zero-order chi connectivity index (χ0) is 11.7. The Morgan fingerprint density at radius 3 is 3.12 bits per heavy atom. The summed E-state index contributed by atoms with van der Waals surface area (Å²) in [5, 5.41) is 3.20. The quantitative estimate of drug-likeness (QED) is 0.533. The predicted octanol–water partition coefficient (Wildman–Crippen LogP) is -0.0837. The molecule has 0 aromatic heterocycles. The summed E-state index contributed by atoms with van der Waals surface area (Å²) in [6, 6.07) is 1.24. The van der Waals surface area contributed by atoms with Crippen LogP contribution in [-0.4, -0.2) is 55.3 Å². The van der Waals surface area contributed by atoms with E-state index in [9.17, 15) is 0 Å². The SMILES string of the molecule is NC(=NCC1CN2CCCC2CO1)NC1CC1. The molecule has 3 fully saturated rings. The summed E-state index contributed by atoms with van der Waals surface area (Å²) in [7, 11) is 0. The van der Waals surface area contributed by atoms with Crippen molar-refractivity contribution >= 4 is 5.96 Å². The van der Waals surface area contributed by atoms with Crippen LogP contribution >= 0.6 is 0 Å². The second kappa shape index (κ2) is 4.82. The minimum Gasteiger partial charge on any atom is -0.373 e. The molecule has 5 heteroatoms. The van der Waals surface area contributed by atoms with Crippen LogP contribution in [0.5, 0.6) is 0 Å². The third-order valence-electron chi connectivity index (χ3n) is 3.86. The number of morpholine rings is 1. The Labute approximate surface area is 102 Å². The van der Waals surface area contributed by atoms with E-state index in [1.807, 2.05) is 0 Å². The summed E-state index contributed by atoms with van der Waals surface area (Å²) in [5.41, 5.74) is 5.81. The van der Waals surface area contributed by atoms with E-state index in [4.69, 9.17) is 10.5 Å². The standard InChI is InChI=1S/C12H22N4O/c13-12(15-9-3-4-9)14-6-11-7-16-5-1-2-10(16)8-17-11/h9-11H,1-8H2,(H3,13,14,15). The van der Waals surface area contributed by atoms with Crippen LogP contribution in [0.4, 0.5) is 0 Å². The van der Waals surface area contributed by atoms with Crippen LogP contribution in [0.15, 0.2) is 4.99 Å². The smallest absolute Gasteiger partial charge is 0.188 e. The molecule has 1 aliphatic carbocycles.